The van der Waals surface area contributed by atoms with E-state index in [9.17, 15) is 26.4 Å². The number of carbonyl (C=O) groups is 1. The standard InChI is InChI=1S/C9H15F3N2O3S/c1-18(16,17)5-4-14-7(15)8(9(10,11)12)2-3-13-6-8/h13H,2-6H2,1H3,(H,14,15). The van der Waals surface area contributed by atoms with Crippen molar-refractivity contribution in [2.45, 2.75) is 12.6 Å². The lowest BCUT2D eigenvalue weighted by Gasteiger charge is -2.29. The zero-order valence-corrected chi connectivity index (χ0v) is 10.6. The molecular formula is C9H15F3N2O3S. The van der Waals surface area contributed by atoms with Crippen LogP contribution in [0.1, 0.15) is 6.42 Å². The molecule has 5 nitrogen and oxygen atoms in total. The summed E-state index contributed by atoms with van der Waals surface area (Å²) < 4.78 is 60.4. The minimum absolute atomic E-state index is 0.110. The summed E-state index contributed by atoms with van der Waals surface area (Å²) in [5, 5.41) is 4.56. The maximum atomic E-state index is 12.9. The lowest BCUT2D eigenvalue weighted by atomic mass is 9.85. The molecule has 106 valence electrons. The number of rotatable bonds is 4. The number of alkyl halides is 3. The number of carbonyl (C=O) groups excluding carboxylic acids is 1. The molecule has 0 saturated carbocycles. The first-order valence-electron chi connectivity index (χ1n) is 5.32. The van der Waals surface area contributed by atoms with Crippen molar-refractivity contribution in [2.75, 3.05) is 31.6 Å². The van der Waals surface area contributed by atoms with Gasteiger partial charge < -0.3 is 10.6 Å². The van der Waals surface area contributed by atoms with Gasteiger partial charge in [-0.3, -0.25) is 4.79 Å². The molecule has 0 spiro atoms. The average molecular weight is 288 g/mol. The zero-order valence-electron chi connectivity index (χ0n) is 9.80. The molecule has 1 aliphatic heterocycles. The summed E-state index contributed by atoms with van der Waals surface area (Å²) in [5.74, 6) is -1.54. The molecule has 0 bridgehead atoms. The van der Waals surface area contributed by atoms with Gasteiger partial charge in [0.25, 0.3) is 0 Å². The molecule has 0 aromatic rings. The van der Waals surface area contributed by atoms with E-state index in [1.807, 2.05) is 0 Å². The first kappa shape index (κ1) is 15.2. The molecule has 1 aliphatic rings. The highest BCUT2D eigenvalue weighted by Gasteiger charge is 2.61. The summed E-state index contributed by atoms with van der Waals surface area (Å²) in [6.45, 7) is -0.671. The molecule has 9 heteroatoms. The van der Waals surface area contributed by atoms with Crippen molar-refractivity contribution in [2.24, 2.45) is 5.41 Å². The normalized spacial score (nSPS) is 25.1. The molecule has 0 aliphatic carbocycles. The van der Waals surface area contributed by atoms with Gasteiger partial charge in [0.1, 0.15) is 9.84 Å². The van der Waals surface area contributed by atoms with Crippen LogP contribution in [0.15, 0.2) is 0 Å². The van der Waals surface area contributed by atoms with Crippen molar-refractivity contribution < 1.29 is 26.4 Å². The topological polar surface area (TPSA) is 75.3 Å². The third-order valence-corrected chi connectivity index (χ3v) is 3.84. The van der Waals surface area contributed by atoms with Crippen molar-refractivity contribution >= 4 is 15.7 Å². The predicted octanol–water partition coefficient (Wildman–Crippen LogP) is -0.311. The lowest BCUT2D eigenvalue weighted by Crippen LogP contribution is -2.52. The van der Waals surface area contributed by atoms with E-state index in [-0.39, 0.29) is 25.3 Å². The van der Waals surface area contributed by atoms with Gasteiger partial charge in [-0.15, -0.1) is 0 Å². The van der Waals surface area contributed by atoms with Crippen LogP contribution >= 0.6 is 0 Å². The van der Waals surface area contributed by atoms with Gasteiger partial charge in [0.2, 0.25) is 5.91 Å². The second-order valence-electron chi connectivity index (χ2n) is 4.39. The molecule has 18 heavy (non-hydrogen) atoms. The van der Waals surface area contributed by atoms with Crippen LogP contribution in [0.3, 0.4) is 0 Å². The van der Waals surface area contributed by atoms with Crippen LogP contribution in [0.4, 0.5) is 13.2 Å². The van der Waals surface area contributed by atoms with Crippen LogP contribution in [-0.2, 0) is 14.6 Å². The molecule has 1 heterocycles. The molecule has 2 N–H and O–H groups in total. The van der Waals surface area contributed by atoms with Crippen LogP contribution in [0.5, 0.6) is 0 Å². The Balaban J connectivity index is 2.68. The summed E-state index contributed by atoms with van der Waals surface area (Å²) in [6.07, 6.45) is -4.03. The third-order valence-electron chi connectivity index (χ3n) is 2.89. The highest BCUT2D eigenvalue weighted by Crippen LogP contribution is 2.43. The molecule has 1 unspecified atom stereocenters. The molecule has 0 aromatic heterocycles. The van der Waals surface area contributed by atoms with Crippen LogP contribution in [0, 0.1) is 5.41 Å². The molecule has 0 aromatic carbocycles. The summed E-state index contributed by atoms with van der Waals surface area (Å²) in [7, 11) is -3.31. The zero-order chi connectivity index (χ0) is 14.0. The van der Waals surface area contributed by atoms with Gasteiger partial charge in [0.15, 0.2) is 5.41 Å². The SMILES string of the molecule is CS(=O)(=O)CCNC(=O)C1(C(F)(F)F)CCNC1. The summed E-state index contributed by atoms with van der Waals surface area (Å²) in [6, 6.07) is 0. The van der Waals surface area contributed by atoms with E-state index in [1.54, 1.807) is 0 Å². The minimum atomic E-state index is -4.65. The maximum absolute atomic E-state index is 12.9. The lowest BCUT2D eigenvalue weighted by molar-refractivity contribution is -0.215. The van der Waals surface area contributed by atoms with Gasteiger partial charge in [0.05, 0.1) is 5.75 Å². The first-order chi connectivity index (χ1) is 8.08. The molecule has 1 rings (SSSR count). The number of sulfone groups is 1. The van der Waals surface area contributed by atoms with Crippen molar-refractivity contribution in [1.29, 1.82) is 0 Å². The number of halogens is 3. The Kier molecular flexibility index (Phi) is 4.26. The van der Waals surface area contributed by atoms with Gasteiger partial charge in [-0.2, -0.15) is 13.2 Å². The Morgan fingerprint density at radius 3 is 2.44 bits per heavy atom. The maximum Gasteiger partial charge on any atom is 0.404 e. The van der Waals surface area contributed by atoms with E-state index in [1.165, 1.54) is 0 Å². The molecule has 0 radical (unpaired) electrons. The Bertz CT molecular complexity index is 413. The molecule has 1 atom stereocenters. The van der Waals surface area contributed by atoms with Crippen LogP contribution < -0.4 is 10.6 Å². The van der Waals surface area contributed by atoms with Gasteiger partial charge in [-0.25, -0.2) is 8.42 Å². The van der Waals surface area contributed by atoms with Gasteiger partial charge in [-0.05, 0) is 13.0 Å². The average Bonchev–Trinajstić information content (AvgIpc) is 2.63. The molecular weight excluding hydrogens is 273 g/mol. The second kappa shape index (κ2) is 5.04. The second-order valence-corrected chi connectivity index (χ2v) is 6.65. The van der Waals surface area contributed by atoms with Gasteiger partial charge >= 0.3 is 6.18 Å². The van der Waals surface area contributed by atoms with Crippen LogP contribution in [0.2, 0.25) is 0 Å². The largest absolute Gasteiger partial charge is 0.404 e. The van der Waals surface area contributed by atoms with Crippen molar-refractivity contribution in [3.8, 4) is 0 Å². The van der Waals surface area contributed by atoms with Crippen molar-refractivity contribution in [3.05, 3.63) is 0 Å². The Hall–Kier alpha value is -0.830. The van der Waals surface area contributed by atoms with Crippen LogP contribution in [-0.4, -0.2) is 52.1 Å². The number of hydrogen-bond acceptors (Lipinski definition) is 4. The summed E-state index contributed by atoms with van der Waals surface area (Å²) in [5.41, 5.74) is -2.44. The monoisotopic (exact) mass is 288 g/mol. The smallest absolute Gasteiger partial charge is 0.354 e. The molecule has 1 saturated heterocycles. The molecule has 1 fully saturated rings. The van der Waals surface area contributed by atoms with Gasteiger partial charge in [-0.1, -0.05) is 0 Å². The Morgan fingerprint density at radius 2 is 2.06 bits per heavy atom. The number of nitrogens with one attached hydrogen (secondary N) is 2. The highest BCUT2D eigenvalue weighted by atomic mass is 32.2. The predicted molar refractivity (Wildman–Crippen MR) is 58.7 cm³/mol. The number of amides is 1. The fourth-order valence-electron chi connectivity index (χ4n) is 1.78. The Morgan fingerprint density at radius 1 is 1.44 bits per heavy atom. The van der Waals surface area contributed by atoms with E-state index in [2.05, 4.69) is 10.6 Å². The third kappa shape index (κ3) is 3.35. The van der Waals surface area contributed by atoms with E-state index in [0.29, 0.717) is 0 Å². The van der Waals surface area contributed by atoms with Crippen molar-refractivity contribution in [3.63, 3.8) is 0 Å². The Labute approximate surface area is 103 Å². The van der Waals surface area contributed by atoms with Crippen LogP contribution in [0.25, 0.3) is 0 Å². The van der Waals surface area contributed by atoms with Crippen molar-refractivity contribution in [1.82, 2.24) is 10.6 Å². The summed E-state index contributed by atoms with van der Waals surface area (Å²) in [4.78, 5) is 11.6. The van der Waals surface area contributed by atoms with E-state index in [4.69, 9.17) is 0 Å². The van der Waals surface area contributed by atoms with E-state index in [0.717, 1.165) is 6.26 Å². The number of hydrogen-bond donors (Lipinski definition) is 2. The quantitative estimate of drug-likeness (QED) is 0.744. The minimum Gasteiger partial charge on any atom is -0.354 e. The molecule has 1 amide bonds. The first-order valence-corrected chi connectivity index (χ1v) is 7.38. The van der Waals surface area contributed by atoms with E-state index < -0.39 is 33.9 Å². The van der Waals surface area contributed by atoms with Gasteiger partial charge in [0, 0.05) is 19.3 Å². The summed E-state index contributed by atoms with van der Waals surface area (Å²) >= 11 is 0. The fraction of sp³-hybridized carbons (Fsp3) is 0.889. The fourth-order valence-corrected chi connectivity index (χ4v) is 2.25. The van der Waals surface area contributed by atoms with E-state index >= 15 is 0 Å². The highest BCUT2D eigenvalue weighted by molar-refractivity contribution is 7.90.